The minimum atomic E-state index is -4.81. The van der Waals surface area contributed by atoms with Crippen LogP contribution in [0.2, 0.25) is 0 Å². The van der Waals surface area contributed by atoms with Gasteiger partial charge in [-0.25, -0.2) is 9.18 Å². The van der Waals surface area contributed by atoms with Crippen LogP contribution < -0.4 is 10.1 Å². The quantitative estimate of drug-likeness (QED) is 0.720. The van der Waals surface area contributed by atoms with Crippen molar-refractivity contribution in [2.45, 2.75) is 26.1 Å². The van der Waals surface area contributed by atoms with Crippen molar-refractivity contribution in [1.29, 1.82) is 0 Å². The first kappa shape index (κ1) is 20.2. The van der Waals surface area contributed by atoms with E-state index in [-0.39, 0.29) is 35.7 Å². The van der Waals surface area contributed by atoms with Crippen LogP contribution in [0.15, 0.2) is 36.4 Å². The highest BCUT2D eigenvalue weighted by Crippen LogP contribution is 2.37. The first-order valence-electron chi connectivity index (χ1n) is 7.77. The van der Waals surface area contributed by atoms with Gasteiger partial charge in [-0.15, -0.1) is 0 Å². The second kappa shape index (κ2) is 8.07. The Morgan fingerprint density at radius 2 is 1.85 bits per heavy atom. The summed E-state index contributed by atoms with van der Waals surface area (Å²) >= 11 is 0. The molecule has 0 bridgehead atoms. The van der Waals surface area contributed by atoms with Crippen LogP contribution in [-0.2, 0) is 17.6 Å². The molecule has 0 saturated heterocycles. The number of rotatable bonds is 6. The molecule has 2 aromatic carbocycles. The zero-order valence-corrected chi connectivity index (χ0v) is 14.1. The highest BCUT2D eigenvalue weighted by Gasteiger charge is 2.35. The number of alkyl halides is 3. The average Bonchev–Trinajstić information content (AvgIpc) is 2.60. The van der Waals surface area contributed by atoms with Gasteiger partial charge in [-0.2, -0.15) is 13.2 Å². The van der Waals surface area contributed by atoms with E-state index in [0.717, 1.165) is 12.1 Å². The Kier molecular flexibility index (Phi) is 6.04. The molecule has 2 aromatic rings. The van der Waals surface area contributed by atoms with Crippen molar-refractivity contribution < 1.29 is 37.0 Å². The van der Waals surface area contributed by atoms with E-state index in [1.807, 2.05) is 0 Å². The van der Waals surface area contributed by atoms with Crippen molar-refractivity contribution >= 4 is 17.6 Å². The second-order valence-corrected chi connectivity index (χ2v) is 5.51. The summed E-state index contributed by atoms with van der Waals surface area (Å²) in [5.41, 5.74) is -1.17. The number of halogens is 4. The molecule has 0 radical (unpaired) electrons. The van der Waals surface area contributed by atoms with Gasteiger partial charge in [-0.1, -0.05) is 13.0 Å². The minimum Gasteiger partial charge on any atom is -0.488 e. The Balaban J connectivity index is 2.25. The van der Waals surface area contributed by atoms with Crippen LogP contribution in [-0.4, -0.2) is 17.0 Å². The summed E-state index contributed by atoms with van der Waals surface area (Å²) in [6.45, 7) is 1.22. The lowest BCUT2D eigenvalue weighted by atomic mass is 10.1. The Hall–Kier alpha value is -3.10. The molecule has 9 heteroatoms. The molecule has 0 saturated carbocycles. The van der Waals surface area contributed by atoms with Crippen molar-refractivity contribution in [3.8, 4) is 5.75 Å². The van der Waals surface area contributed by atoms with Crippen LogP contribution in [0.1, 0.15) is 34.8 Å². The molecule has 0 aliphatic heterocycles. The topological polar surface area (TPSA) is 75.6 Å². The highest BCUT2D eigenvalue weighted by molar-refractivity contribution is 6.00. The molecule has 27 heavy (non-hydrogen) atoms. The number of carboxylic acids is 1. The maximum atomic E-state index is 13.1. The number of carboxylic acid groups (broad SMARTS) is 1. The molecule has 2 N–H and O–H groups in total. The fraction of sp³-hybridized carbons (Fsp3) is 0.222. The lowest BCUT2D eigenvalue weighted by Gasteiger charge is -2.15. The maximum Gasteiger partial charge on any atom is 0.420 e. The third kappa shape index (κ3) is 5.19. The zero-order valence-electron chi connectivity index (χ0n) is 14.1. The van der Waals surface area contributed by atoms with Gasteiger partial charge in [0, 0.05) is 6.42 Å². The largest absolute Gasteiger partial charge is 0.488 e. The predicted molar refractivity (Wildman–Crippen MR) is 88.1 cm³/mol. The van der Waals surface area contributed by atoms with Crippen LogP contribution in [0.25, 0.3) is 0 Å². The van der Waals surface area contributed by atoms with Gasteiger partial charge >= 0.3 is 12.1 Å². The van der Waals surface area contributed by atoms with Crippen LogP contribution in [0.5, 0.6) is 5.75 Å². The number of anilines is 1. The first-order chi connectivity index (χ1) is 12.6. The Labute approximate surface area is 151 Å². The van der Waals surface area contributed by atoms with E-state index in [0.29, 0.717) is 6.07 Å². The molecule has 0 fully saturated rings. The van der Waals surface area contributed by atoms with Gasteiger partial charge in [-0.05, 0) is 35.9 Å². The van der Waals surface area contributed by atoms with E-state index in [2.05, 4.69) is 5.32 Å². The number of ether oxygens (including phenoxy) is 1. The van der Waals surface area contributed by atoms with Crippen molar-refractivity contribution in [1.82, 2.24) is 0 Å². The molecular formula is C18H15F4NO4. The predicted octanol–water partition coefficient (Wildman–Crippen LogP) is 4.47. The Morgan fingerprint density at radius 3 is 2.44 bits per heavy atom. The fourth-order valence-corrected chi connectivity index (χ4v) is 2.22. The van der Waals surface area contributed by atoms with Gasteiger partial charge in [0.1, 0.15) is 23.7 Å². The number of aromatic carboxylic acids is 1. The lowest BCUT2D eigenvalue weighted by molar-refractivity contribution is -0.139. The molecule has 0 aromatic heterocycles. The number of benzene rings is 2. The second-order valence-electron chi connectivity index (χ2n) is 5.51. The molecule has 2 rings (SSSR count). The van der Waals surface area contributed by atoms with E-state index < -0.39 is 29.3 Å². The van der Waals surface area contributed by atoms with Crippen LogP contribution in [0.3, 0.4) is 0 Å². The van der Waals surface area contributed by atoms with Crippen LogP contribution in [0, 0.1) is 5.82 Å². The third-order valence-electron chi connectivity index (χ3n) is 3.55. The minimum absolute atomic E-state index is 0.0656. The first-order valence-corrected chi connectivity index (χ1v) is 7.77. The summed E-state index contributed by atoms with van der Waals surface area (Å²) in [6, 6.07) is 5.92. The molecule has 0 heterocycles. The molecule has 144 valence electrons. The van der Waals surface area contributed by atoms with Gasteiger partial charge in [0.05, 0.1) is 11.3 Å². The molecular weight excluding hydrogens is 370 g/mol. The SMILES string of the molecule is CCC(=O)Nc1ccc(COc2ccc(F)cc2C(F)(F)F)cc1C(=O)O. The molecule has 0 atom stereocenters. The number of carbonyl (C=O) groups excluding carboxylic acids is 1. The van der Waals surface area contributed by atoms with Crippen molar-refractivity contribution in [3.63, 3.8) is 0 Å². The number of hydrogen-bond donors (Lipinski definition) is 2. The summed E-state index contributed by atoms with van der Waals surface area (Å²) < 4.78 is 57.1. The monoisotopic (exact) mass is 385 g/mol. The van der Waals surface area contributed by atoms with E-state index in [1.54, 1.807) is 6.92 Å². The number of hydrogen-bond acceptors (Lipinski definition) is 3. The number of amides is 1. The van der Waals surface area contributed by atoms with Crippen molar-refractivity contribution in [2.24, 2.45) is 0 Å². The van der Waals surface area contributed by atoms with Gasteiger partial charge in [0.2, 0.25) is 5.91 Å². The van der Waals surface area contributed by atoms with Crippen molar-refractivity contribution in [2.75, 3.05) is 5.32 Å². The molecule has 0 unspecified atom stereocenters. The molecule has 0 aliphatic rings. The lowest BCUT2D eigenvalue weighted by Crippen LogP contribution is -2.14. The van der Waals surface area contributed by atoms with Gasteiger partial charge in [0.15, 0.2) is 0 Å². The standard InChI is InChI=1S/C18H15F4NO4/c1-2-16(24)23-14-5-3-10(7-12(14)17(25)26)9-27-15-6-4-11(19)8-13(15)18(20,21)22/h3-8H,2,9H2,1H3,(H,23,24)(H,25,26). The summed E-state index contributed by atoms with van der Waals surface area (Å²) in [4.78, 5) is 22.8. The van der Waals surface area contributed by atoms with Gasteiger partial charge in [0.25, 0.3) is 0 Å². The molecule has 5 nitrogen and oxygen atoms in total. The molecule has 1 amide bonds. The summed E-state index contributed by atoms with van der Waals surface area (Å²) in [5, 5.41) is 11.7. The van der Waals surface area contributed by atoms with E-state index in [9.17, 15) is 32.3 Å². The Bertz CT molecular complexity index is 865. The number of carbonyl (C=O) groups is 2. The normalized spacial score (nSPS) is 11.1. The van der Waals surface area contributed by atoms with E-state index in [4.69, 9.17) is 4.74 Å². The smallest absolute Gasteiger partial charge is 0.420 e. The average molecular weight is 385 g/mol. The summed E-state index contributed by atoms with van der Waals surface area (Å²) in [7, 11) is 0. The highest BCUT2D eigenvalue weighted by atomic mass is 19.4. The van der Waals surface area contributed by atoms with Gasteiger partial charge < -0.3 is 15.2 Å². The van der Waals surface area contributed by atoms with Gasteiger partial charge in [-0.3, -0.25) is 4.79 Å². The molecule has 0 spiro atoms. The van der Waals surface area contributed by atoms with E-state index in [1.165, 1.54) is 18.2 Å². The zero-order chi connectivity index (χ0) is 20.2. The fourth-order valence-electron chi connectivity index (χ4n) is 2.22. The maximum absolute atomic E-state index is 13.1. The van der Waals surface area contributed by atoms with Crippen LogP contribution in [0.4, 0.5) is 23.2 Å². The Morgan fingerprint density at radius 1 is 1.15 bits per heavy atom. The summed E-state index contributed by atoms with van der Waals surface area (Å²) in [5.74, 6) is -3.34. The summed E-state index contributed by atoms with van der Waals surface area (Å²) in [6.07, 6.45) is -4.66. The van der Waals surface area contributed by atoms with E-state index >= 15 is 0 Å². The van der Waals surface area contributed by atoms with Crippen molar-refractivity contribution in [3.05, 3.63) is 58.9 Å². The molecule has 0 aliphatic carbocycles. The third-order valence-corrected chi connectivity index (χ3v) is 3.55. The number of nitrogens with one attached hydrogen (secondary N) is 1. The van der Waals surface area contributed by atoms with Crippen LogP contribution >= 0.6 is 0 Å².